The maximum Gasteiger partial charge on any atom is 0.450 e. The van der Waals surface area contributed by atoms with Gasteiger partial charge in [0.05, 0.1) is 18.0 Å². The van der Waals surface area contributed by atoms with Gasteiger partial charge in [0.1, 0.15) is 0 Å². The molecule has 124 valence electrons. The van der Waals surface area contributed by atoms with Crippen molar-refractivity contribution in [1.82, 2.24) is 15.1 Å². The van der Waals surface area contributed by atoms with Crippen LogP contribution in [0.4, 0.5) is 13.2 Å². The summed E-state index contributed by atoms with van der Waals surface area (Å²) < 4.78 is 42.9. The van der Waals surface area contributed by atoms with Gasteiger partial charge in [-0.3, -0.25) is 9.89 Å². The molecule has 0 aliphatic carbocycles. The van der Waals surface area contributed by atoms with Crippen LogP contribution in [0.15, 0.2) is 22.9 Å². The quantitative estimate of drug-likeness (QED) is 0.920. The number of aryl methyl sites for hydroxylation is 1. The summed E-state index contributed by atoms with van der Waals surface area (Å²) in [7, 11) is 0. The zero-order chi connectivity index (χ0) is 16.6. The van der Waals surface area contributed by atoms with Gasteiger partial charge in [0.2, 0.25) is 5.76 Å². The number of hydrogen-bond acceptors (Lipinski definition) is 3. The molecular formula is C15H16F3N3O2. The standard InChI is InChI=1S/C15H16F3N3O2/c1-9-12(8-19-20-9)10-2-5-21(6-3-10)14(22)11-4-7-23-13(11)15(16,17)18/h4,7-8,10H,2-3,5-6H2,1H3,(H,19,20). The van der Waals surface area contributed by atoms with Crippen LogP contribution in [0.25, 0.3) is 0 Å². The van der Waals surface area contributed by atoms with Gasteiger partial charge >= 0.3 is 6.18 Å². The molecule has 1 saturated heterocycles. The number of carbonyl (C=O) groups is 1. The first kappa shape index (κ1) is 15.6. The number of halogens is 3. The molecule has 8 heteroatoms. The molecule has 1 fully saturated rings. The van der Waals surface area contributed by atoms with Crippen LogP contribution < -0.4 is 0 Å². The number of alkyl halides is 3. The molecule has 3 rings (SSSR count). The number of nitrogens with one attached hydrogen (secondary N) is 1. The van der Waals surface area contributed by atoms with Gasteiger partial charge in [0, 0.05) is 18.8 Å². The minimum atomic E-state index is -4.67. The highest BCUT2D eigenvalue weighted by atomic mass is 19.4. The fraction of sp³-hybridized carbons (Fsp3) is 0.467. The lowest BCUT2D eigenvalue weighted by Crippen LogP contribution is -2.38. The summed E-state index contributed by atoms with van der Waals surface area (Å²) in [6.45, 7) is 2.76. The molecule has 3 heterocycles. The topological polar surface area (TPSA) is 62.1 Å². The molecule has 2 aromatic rings. The molecule has 0 atom stereocenters. The SMILES string of the molecule is Cc1[nH]ncc1C1CCN(C(=O)c2ccoc2C(F)(F)F)CC1. The van der Waals surface area contributed by atoms with Gasteiger partial charge in [-0.05, 0) is 37.3 Å². The second-order valence-corrected chi connectivity index (χ2v) is 5.68. The van der Waals surface area contributed by atoms with Gasteiger partial charge < -0.3 is 9.32 Å². The van der Waals surface area contributed by atoms with Crippen LogP contribution in [-0.4, -0.2) is 34.1 Å². The van der Waals surface area contributed by atoms with Gasteiger partial charge in [-0.15, -0.1) is 0 Å². The lowest BCUT2D eigenvalue weighted by atomic mass is 9.89. The molecule has 5 nitrogen and oxygen atoms in total. The number of hydrogen-bond donors (Lipinski definition) is 1. The summed E-state index contributed by atoms with van der Waals surface area (Å²) in [5.41, 5.74) is 1.68. The Bertz CT molecular complexity index is 697. The van der Waals surface area contributed by atoms with E-state index in [0.717, 1.165) is 23.6 Å². The van der Waals surface area contributed by atoms with E-state index in [1.807, 2.05) is 6.92 Å². The van der Waals surface area contributed by atoms with Crippen molar-refractivity contribution in [3.63, 3.8) is 0 Å². The summed E-state index contributed by atoms with van der Waals surface area (Å²) in [4.78, 5) is 13.8. The highest BCUT2D eigenvalue weighted by Gasteiger charge is 2.40. The van der Waals surface area contributed by atoms with Gasteiger partial charge in [-0.2, -0.15) is 18.3 Å². The molecule has 1 N–H and O–H groups in total. The molecule has 23 heavy (non-hydrogen) atoms. The lowest BCUT2D eigenvalue weighted by Gasteiger charge is -2.32. The number of likely N-dealkylation sites (tertiary alicyclic amines) is 1. The summed E-state index contributed by atoms with van der Waals surface area (Å²) >= 11 is 0. The number of piperidine rings is 1. The first-order valence-corrected chi connectivity index (χ1v) is 7.31. The van der Waals surface area contributed by atoms with Crippen molar-refractivity contribution in [3.05, 3.63) is 41.1 Å². The summed E-state index contributed by atoms with van der Waals surface area (Å²) in [6, 6.07) is 1.08. The normalized spacial score (nSPS) is 16.8. The van der Waals surface area contributed by atoms with Gasteiger partial charge in [0.25, 0.3) is 5.91 Å². The van der Waals surface area contributed by atoms with E-state index in [1.54, 1.807) is 6.20 Å². The van der Waals surface area contributed by atoms with E-state index in [0.29, 0.717) is 25.9 Å². The van der Waals surface area contributed by atoms with E-state index < -0.39 is 23.4 Å². The average molecular weight is 327 g/mol. The molecular weight excluding hydrogens is 311 g/mol. The van der Waals surface area contributed by atoms with Crippen LogP contribution in [0.3, 0.4) is 0 Å². The summed E-state index contributed by atoms with van der Waals surface area (Å²) in [5, 5.41) is 6.87. The molecule has 0 aromatic carbocycles. The zero-order valence-electron chi connectivity index (χ0n) is 12.5. The number of nitrogens with zero attached hydrogens (tertiary/aromatic N) is 2. The smallest absolute Gasteiger partial charge is 0.450 e. The minimum absolute atomic E-state index is 0.268. The molecule has 2 aromatic heterocycles. The fourth-order valence-corrected chi connectivity index (χ4v) is 3.03. The van der Waals surface area contributed by atoms with Crippen LogP contribution in [0, 0.1) is 6.92 Å². The molecule has 0 saturated carbocycles. The highest BCUT2D eigenvalue weighted by Crippen LogP contribution is 2.34. The van der Waals surface area contributed by atoms with Crippen molar-refractivity contribution in [3.8, 4) is 0 Å². The molecule has 1 amide bonds. The number of aromatic nitrogens is 2. The Morgan fingerprint density at radius 3 is 2.65 bits per heavy atom. The first-order chi connectivity index (χ1) is 10.9. The van der Waals surface area contributed by atoms with Crippen LogP contribution in [-0.2, 0) is 6.18 Å². The molecule has 0 spiro atoms. The Hall–Kier alpha value is -2.25. The maximum atomic E-state index is 12.8. The van der Waals surface area contributed by atoms with Crippen molar-refractivity contribution >= 4 is 5.91 Å². The zero-order valence-corrected chi connectivity index (χ0v) is 12.5. The third kappa shape index (κ3) is 2.97. The number of furan rings is 1. The van der Waals surface area contributed by atoms with Gasteiger partial charge in [-0.1, -0.05) is 0 Å². The van der Waals surface area contributed by atoms with Crippen molar-refractivity contribution in [1.29, 1.82) is 0 Å². The van der Waals surface area contributed by atoms with Gasteiger partial charge in [-0.25, -0.2) is 0 Å². The average Bonchev–Trinajstić information content (AvgIpc) is 3.15. The predicted molar refractivity (Wildman–Crippen MR) is 74.9 cm³/mol. The maximum absolute atomic E-state index is 12.8. The van der Waals surface area contributed by atoms with E-state index in [1.165, 1.54) is 4.90 Å². The Morgan fingerprint density at radius 1 is 1.39 bits per heavy atom. The van der Waals surface area contributed by atoms with Crippen LogP contribution in [0.5, 0.6) is 0 Å². The predicted octanol–water partition coefficient (Wildman–Crippen LogP) is 3.35. The number of carbonyl (C=O) groups excluding carboxylic acids is 1. The van der Waals surface area contributed by atoms with Crippen molar-refractivity contribution in [2.24, 2.45) is 0 Å². The lowest BCUT2D eigenvalue weighted by molar-refractivity contribution is -0.153. The van der Waals surface area contributed by atoms with Crippen molar-refractivity contribution < 1.29 is 22.4 Å². The Morgan fingerprint density at radius 2 is 2.09 bits per heavy atom. The molecule has 1 aliphatic rings. The Balaban J connectivity index is 1.70. The largest absolute Gasteiger partial charge is 0.459 e. The minimum Gasteiger partial charge on any atom is -0.459 e. The van der Waals surface area contributed by atoms with E-state index >= 15 is 0 Å². The molecule has 0 radical (unpaired) electrons. The van der Waals surface area contributed by atoms with Crippen LogP contribution in [0.1, 0.15) is 46.1 Å². The molecule has 1 aliphatic heterocycles. The Labute approximate surface area is 130 Å². The second kappa shape index (κ2) is 5.75. The van der Waals surface area contributed by atoms with E-state index in [4.69, 9.17) is 0 Å². The van der Waals surface area contributed by atoms with E-state index in [9.17, 15) is 18.0 Å². The third-order valence-electron chi connectivity index (χ3n) is 4.24. The second-order valence-electron chi connectivity index (χ2n) is 5.68. The fourth-order valence-electron chi connectivity index (χ4n) is 3.03. The van der Waals surface area contributed by atoms with Crippen molar-refractivity contribution in [2.75, 3.05) is 13.1 Å². The highest BCUT2D eigenvalue weighted by molar-refractivity contribution is 5.95. The first-order valence-electron chi connectivity index (χ1n) is 7.31. The number of aromatic amines is 1. The molecule has 0 unspecified atom stereocenters. The summed E-state index contributed by atoms with van der Waals surface area (Å²) in [6.07, 6.45) is -0.593. The van der Waals surface area contributed by atoms with E-state index in [2.05, 4.69) is 14.6 Å². The monoisotopic (exact) mass is 327 g/mol. The molecule has 0 bridgehead atoms. The summed E-state index contributed by atoms with van der Waals surface area (Å²) in [5.74, 6) is -1.59. The Kier molecular flexibility index (Phi) is 3.91. The van der Waals surface area contributed by atoms with Crippen LogP contribution >= 0.6 is 0 Å². The third-order valence-corrected chi connectivity index (χ3v) is 4.24. The number of amides is 1. The van der Waals surface area contributed by atoms with E-state index in [-0.39, 0.29) is 5.92 Å². The van der Waals surface area contributed by atoms with Gasteiger partial charge in [0.15, 0.2) is 0 Å². The number of H-pyrrole nitrogens is 1. The van der Waals surface area contributed by atoms with Crippen LogP contribution in [0.2, 0.25) is 0 Å². The number of rotatable bonds is 2. The van der Waals surface area contributed by atoms with Crippen molar-refractivity contribution in [2.45, 2.75) is 31.9 Å².